The summed E-state index contributed by atoms with van der Waals surface area (Å²) in [6.45, 7) is 0.513. The number of hydrogen-bond donors (Lipinski definition) is 0. The molecule has 3 aromatic carbocycles. The number of nitriles is 1. The topological polar surface area (TPSA) is 45.9 Å². The average molecular weight is 437 g/mol. The molecule has 0 spiro atoms. The van der Waals surface area contributed by atoms with E-state index in [4.69, 9.17) is 4.74 Å². The predicted molar refractivity (Wildman–Crippen MR) is 128 cm³/mol. The Morgan fingerprint density at radius 2 is 1.84 bits per heavy atom. The lowest BCUT2D eigenvalue weighted by Gasteiger charge is -2.22. The molecule has 32 heavy (non-hydrogen) atoms. The van der Waals surface area contributed by atoms with Crippen molar-refractivity contribution in [2.45, 2.75) is 38.4 Å². The van der Waals surface area contributed by atoms with Gasteiger partial charge in [-0.1, -0.05) is 54.6 Å². The van der Waals surface area contributed by atoms with Crippen molar-refractivity contribution in [3.8, 4) is 17.2 Å². The quantitative estimate of drug-likeness (QED) is 0.331. The summed E-state index contributed by atoms with van der Waals surface area (Å²) in [5, 5.41) is 9.86. The van der Waals surface area contributed by atoms with Gasteiger partial charge in [0.15, 0.2) is 0 Å². The van der Waals surface area contributed by atoms with Crippen molar-refractivity contribution in [3.63, 3.8) is 0 Å². The highest BCUT2D eigenvalue weighted by molar-refractivity contribution is 7.09. The standard InChI is InChI=1S/C28H24N2OS/c29-16-23-14-13-22(15-26(23)25-12-6-10-21-9-4-5-11-24(21)25)28(27-17-30-19-32-27)31-18-20-7-2-1-3-8-20/h1-3,6-8,10,12-15,17,19,28H,4-5,9,11,18H2. The van der Waals surface area contributed by atoms with E-state index in [0.717, 1.165) is 34.4 Å². The summed E-state index contributed by atoms with van der Waals surface area (Å²) in [7, 11) is 0. The van der Waals surface area contributed by atoms with Crippen LogP contribution in [0.1, 0.15) is 51.6 Å². The molecule has 0 bridgehead atoms. The first kappa shape index (κ1) is 20.6. The van der Waals surface area contributed by atoms with Crippen LogP contribution in [0.2, 0.25) is 0 Å². The Morgan fingerprint density at radius 3 is 2.66 bits per heavy atom. The highest BCUT2D eigenvalue weighted by Gasteiger charge is 2.21. The predicted octanol–water partition coefficient (Wildman–Crippen LogP) is 6.87. The van der Waals surface area contributed by atoms with Crippen LogP contribution >= 0.6 is 11.3 Å². The molecule has 3 nitrogen and oxygen atoms in total. The van der Waals surface area contributed by atoms with Crippen LogP contribution in [0.5, 0.6) is 0 Å². The first-order valence-electron chi connectivity index (χ1n) is 11.0. The van der Waals surface area contributed by atoms with Crippen molar-refractivity contribution in [2.75, 3.05) is 0 Å². The molecule has 158 valence electrons. The summed E-state index contributed by atoms with van der Waals surface area (Å²) in [6, 6.07) is 25.3. The molecule has 0 saturated carbocycles. The molecule has 1 aliphatic carbocycles. The monoisotopic (exact) mass is 436 g/mol. The lowest BCUT2D eigenvalue weighted by atomic mass is 9.84. The van der Waals surface area contributed by atoms with Gasteiger partial charge in [-0.15, -0.1) is 11.3 Å². The van der Waals surface area contributed by atoms with E-state index < -0.39 is 0 Å². The van der Waals surface area contributed by atoms with Crippen molar-refractivity contribution < 1.29 is 4.74 Å². The van der Waals surface area contributed by atoms with E-state index in [1.807, 2.05) is 42.0 Å². The Morgan fingerprint density at radius 1 is 0.969 bits per heavy atom. The number of ether oxygens (including phenoxy) is 1. The Kier molecular flexibility index (Phi) is 6.11. The van der Waals surface area contributed by atoms with Gasteiger partial charge < -0.3 is 4.74 Å². The molecule has 5 rings (SSSR count). The van der Waals surface area contributed by atoms with Gasteiger partial charge in [0.2, 0.25) is 0 Å². The number of fused-ring (bicyclic) bond motifs is 1. The van der Waals surface area contributed by atoms with Gasteiger partial charge in [0.25, 0.3) is 0 Å². The SMILES string of the molecule is N#Cc1ccc(C(OCc2ccccc2)c2cncs2)cc1-c1cccc2c1CCCC2. The van der Waals surface area contributed by atoms with Crippen LogP contribution < -0.4 is 0 Å². The molecule has 0 fully saturated rings. The van der Waals surface area contributed by atoms with Crippen LogP contribution in [0.15, 0.2) is 78.4 Å². The van der Waals surface area contributed by atoms with Crippen molar-refractivity contribution in [3.05, 3.63) is 111 Å². The summed E-state index contributed by atoms with van der Waals surface area (Å²) >= 11 is 1.59. The van der Waals surface area contributed by atoms with Crippen molar-refractivity contribution in [1.82, 2.24) is 4.98 Å². The van der Waals surface area contributed by atoms with Gasteiger partial charge in [0.05, 0.1) is 28.6 Å². The number of nitrogens with zero attached hydrogens (tertiary/aromatic N) is 2. The molecule has 1 atom stereocenters. The minimum Gasteiger partial charge on any atom is -0.363 e. The smallest absolute Gasteiger partial charge is 0.119 e. The zero-order valence-corrected chi connectivity index (χ0v) is 18.6. The minimum atomic E-state index is -0.228. The van der Waals surface area contributed by atoms with E-state index in [9.17, 15) is 5.26 Å². The van der Waals surface area contributed by atoms with Crippen molar-refractivity contribution >= 4 is 11.3 Å². The Labute approximate surface area is 193 Å². The fourth-order valence-corrected chi connectivity index (χ4v) is 5.22. The van der Waals surface area contributed by atoms with Crippen molar-refractivity contribution in [1.29, 1.82) is 5.26 Å². The van der Waals surface area contributed by atoms with Crippen LogP contribution in [0, 0.1) is 11.3 Å². The van der Waals surface area contributed by atoms with E-state index in [1.165, 1.54) is 29.5 Å². The molecule has 1 aliphatic rings. The molecule has 1 heterocycles. The number of rotatable bonds is 6. The summed E-state index contributed by atoms with van der Waals surface area (Å²) in [4.78, 5) is 5.34. The van der Waals surface area contributed by atoms with E-state index in [2.05, 4.69) is 47.5 Å². The number of aromatic nitrogens is 1. The molecule has 1 unspecified atom stereocenters. The number of aryl methyl sites for hydroxylation is 1. The van der Waals surface area contributed by atoms with Crippen LogP contribution in [0.25, 0.3) is 11.1 Å². The van der Waals surface area contributed by atoms with Gasteiger partial charge in [0.1, 0.15) is 6.10 Å². The largest absolute Gasteiger partial charge is 0.363 e. The second-order valence-electron chi connectivity index (χ2n) is 8.15. The average Bonchev–Trinajstić information content (AvgIpc) is 3.39. The van der Waals surface area contributed by atoms with Gasteiger partial charge in [-0.05, 0) is 65.6 Å². The molecule has 0 aliphatic heterocycles. The van der Waals surface area contributed by atoms with E-state index in [-0.39, 0.29) is 6.10 Å². The zero-order valence-electron chi connectivity index (χ0n) is 17.8. The highest BCUT2D eigenvalue weighted by Crippen LogP contribution is 2.37. The molecule has 4 heteroatoms. The van der Waals surface area contributed by atoms with Gasteiger partial charge in [-0.3, -0.25) is 4.98 Å². The molecule has 0 N–H and O–H groups in total. The number of hydrogen-bond acceptors (Lipinski definition) is 4. The van der Waals surface area contributed by atoms with E-state index in [1.54, 1.807) is 11.3 Å². The number of benzene rings is 3. The normalized spacial score (nSPS) is 13.8. The minimum absolute atomic E-state index is 0.228. The van der Waals surface area contributed by atoms with Crippen LogP contribution in [0.4, 0.5) is 0 Å². The fraction of sp³-hybridized carbons (Fsp3) is 0.214. The van der Waals surface area contributed by atoms with E-state index >= 15 is 0 Å². The number of thiazole rings is 1. The van der Waals surface area contributed by atoms with Crippen LogP contribution in [-0.2, 0) is 24.2 Å². The first-order chi connectivity index (χ1) is 15.8. The first-order valence-corrected chi connectivity index (χ1v) is 11.9. The lowest BCUT2D eigenvalue weighted by Crippen LogP contribution is -2.07. The Bertz CT molecular complexity index is 1240. The fourth-order valence-electron chi connectivity index (χ4n) is 4.53. The third-order valence-electron chi connectivity index (χ3n) is 6.12. The van der Waals surface area contributed by atoms with Crippen LogP contribution in [0.3, 0.4) is 0 Å². The summed E-state index contributed by atoms with van der Waals surface area (Å²) in [5.74, 6) is 0. The second kappa shape index (κ2) is 9.48. The summed E-state index contributed by atoms with van der Waals surface area (Å²) < 4.78 is 6.42. The lowest BCUT2D eigenvalue weighted by molar-refractivity contribution is 0.0689. The van der Waals surface area contributed by atoms with Gasteiger partial charge in [-0.25, -0.2) is 0 Å². The third kappa shape index (κ3) is 4.23. The maximum absolute atomic E-state index is 9.86. The third-order valence-corrected chi connectivity index (χ3v) is 6.94. The summed E-state index contributed by atoms with van der Waals surface area (Å²) in [6.07, 6.45) is 6.28. The molecule has 0 saturated heterocycles. The van der Waals surface area contributed by atoms with Gasteiger partial charge in [-0.2, -0.15) is 5.26 Å². The highest BCUT2D eigenvalue weighted by atomic mass is 32.1. The molecular formula is C28H24N2OS. The van der Waals surface area contributed by atoms with E-state index in [0.29, 0.717) is 12.2 Å². The molecule has 1 aromatic heterocycles. The van der Waals surface area contributed by atoms with Gasteiger partial charge in [0, 0.05) is 11.8 Å². The van der Waals surface area contributed by atoms with Crippen molar-refractivity contribution in [2.24, 2.45) is 0 Å². The molecular weight excluding hydrogens is 412 g/mol. The molecule has 0 radical (unpaired) electrons. The van der Waals surface area contributed by atoms with Gasteiger partial charge >= 0.3 is 0 Å². The second-order valence-corrected chi connectivity index (χ2v) is 9.07. The Balaban J connectivity index is 1.56. The molecule has 0 amide bonds. The maximum atomic E-state index is 9.86. The molecule has 4 aromatic rings. The summed E-state index contributed by atoms with van der Waals surface area (Å²) in [5.41, 5.74) is 9.73. The zero-order chi connectivity index (χ0) is 21.8. The maximum Gasteiger partial charge on any atom is 0.119 e. The Hall–Kier alpha value is -3.26. The van der Waals surface area contributed by atoms with Crippen LogP contribution in [-0.4, -0.2) is 4.98 Å².